The molecule has 0 aliphatic carbocycles. The molecule has 0 bridgehead atoms. The molecule has 0 fully saturated rings. The first-order valence-electron chi connectivity index (χ1n) is 3.79. The van der Waals surface area contributed by atoms with E-state index >= 15 is 0 Å². The number of carbonyl (C=O) groups is 1. The lowest BCUT2D eigenvalue weighted by atomic mass is 10.2. The molecule has 1 aromatic carbocycles. The molecular formula is C9H8Cl2O3. The van der Waals surface area contributed by atoms with Gasteiger partial charge in [0.1, 0.15) is 0 Å². The summed E-state index contributed by atoms with van der Waals surface area (Å²) in [5, 5.41) is 8.37. The van der Waals surface area contributed by atoms with Crippen molar-refractivity contribution >= 4 is 29.4 Å². The summed E-state index contributed by atoms with van der Waals surface area (Å²) in [6, 6.07) is 6.75. The van der Waals surface area contributed by atoms with Crippen molar-refractivity contribution in [1.82, 2.24) is 0 Å². The summed E-state index contributed by atoms with van der Waals surface area (Å²) in [7, 11) is 0. The van der Waals surface area contributed by atoms with E-state index in [1.165, 1.54) is 0 Å². The van der Waals surface area contributed by atoms with E-state index in [-0.39, 0.29) is 0 Å². The standard InChI is InChI=1S/C9H8Cl2O3/c1-6-2-4-7(5-3-6)9(10,11)14-8(12)13/h2-5H,1H3,(H,12,13). The molecule has 1 N–H and O–H groups in total. The van der Waals surface area contributed by atoms with Crippen LogP contribution in [0.3, 0.4) is 0 Å². The van der Waals surface area contributed by atoms with Gasteiger partial charge in [0.05, 0.1) is 0 Å². The van der Waals surface area contributed by atoms with E-state index in [2.05, 4.69) is 4.74 Å². The molecular weight excluding hydrogens is 227 g/mol. The average molecular weight is 235 g/mol. The second-order valence-electron chi connectivity index (χ2n) is 2.75. The number of ether oxygens (including phenoxy) is 1. The predicted molar refractivity (Wildman–Crippen MR) is 53.7 cm³/mol. The quantitative estimate of drug-likeness (QED) is 0.631. The third-order valence-corrected chi connectivity index (χ3v) is 2.19. The molecule has 0 spiro atoms. The maximum absolute atomic E-state index is 10.3. The Hall–Kier alpha value is -0.930. The van der Waals surface area contributed by atoms with Crippen molar-refractivity contribution in [2.45, 2.75) is 11.4 Å². The lowest BCUT2D eigenvalue weighted by molar-refractivity contribution is 0.0646. The van der Waals surface area contributed by atoms with Crippen LogP contribution in [0.25, 0.3) is 0 Å². The van der Waals surface area contributed by atoms with E-state index in [4.69, 9.17) is 28.3 Å². The van der Waals surface area contributed by atoms with Crippen LogP contribution < -0.4 is 0 Å². The Morgan fingerprint density at radius 1 is 1.36 bits per heavy atom. The van der Waals surface area contributed by atoms with E-state index in [9.17, 15) is 4.79 Å². The van der Waals surface area contributed by atoms with Crippen LogP contribution in [0.4, 0.5) is 4.79 Å². The summed E-state index contributed by atoms with van der Waals surface area (Å²) in [4.78, 5) is 10.3. The number of halogens is 2. The fourth-order valence-corrected chi connectivity index (χ4v) is 1.30. The largest absolute Gasteiger partial charge is 0.508 e. The van der Waals surface area contributed by atoms with Crippen LogP contribution in [0.2, 0.25) is 0 Å². The second kappa shape index (κ2) is 4.07. The molecule has 5 heteroatoms. The van der Waals surface area contributed by atoms with Crippen molar-refractivity contribution in [2.75, 3.05) is 0 Å². The molecule has 0 aliphatic heterocycles. The van der Waals surface area contributed by atoms with Gasteiger partial charge in [-0.15, -0.1) is 0 Å². The van der Waals surface area contributed by atoms with Crippen molar-refractivity contribution in [3.8, 4) is 0 Å². The van der Waals surface area contributed by atoms with Gasteiger partial charge in [0, 0.05) is 5.56 Å². The summed E-state index contributed by atoms with van der Waals surface area (Å²) in [6.45, 7) is 1.89. The van der Waals surface area contributed by atoms with Gasteiger partial charge >= 0.3 is 6.16 Å². The first-order chi connectivity index (χ1) is 6.42. The van der Waals surface area contributed by atoms with E-state index in [1.807, 2.05) is 6.92 Å². The zero-order chi connectivity index (χ0) is 10.8. The fraction of sp³-hybridized carbons (Fsp3) is 0.222. The molecule has 0 unspecified atom stereocenters. The number of hydrogen-bond acceptors (Lipinski definition) is 2. The molecule has 0 aliphatic rings. The van der Waals surface area contributed by atoms with Crippen molar-refractivity contribution in [3.05, 3.63) is 35.4 Å². The molecule has 3 nitrogen and oxygen atoms in total. The minimum absolute atomic E-state index is 0.383. The van der Waals surface area contributed by atoms with Crippen LogP contribution >= 0.6 is 23.2 Å². The number of carboxylic acid groups (broad SMARTS) is 1. The third-order valence-electron chi connectivity index (χ3n) is 1.60. The van der Waals surface area contributed by atoms with E-state index in [0.29, 0.717) is 5.56 Å². The summed E-state index contributed by atoms with van der Waals surface area (Å²) in [5.74, 6) is 0. The highest BCUT2D eigenvalue weighted by molar-refractivity contribution is 6.47. The molecule has 76 valence electrons. The van der Waals surface area contributed by atoms with Crippen molar-refractivity contribution in [3.63, 3.8) is 0 Å². The zero-order valence-corrected chi connectivity index (χ0v) is 8.84. The van der Waals surface area contributed by atoms with E-state index in [1.54, 1.807) is 24.3 Å². The van der Waals surface area contributed by atoms with Crippen LogP contribution in [0, 0.1) is 6.92 Å². The van der Waals surface area contributed by atoms with Gasteiger partial charge in [0.25, 0.3) is 4.52 Å². The fourth-order valence-electron chi connectivity index (χ4n) is 0.916. The predicted octanol–water partition coefficient (Wildman–Crippen LogP) is 3.28. The van der Waals surface area contributed by atoms with Crippen LogP contribution in [-0.2, 0) is 9.26 Å². The van der Waals surface area contributed by atoms with Gasteiger partial charge in [-0.1, -0.05) is 53.0 Å². The monoisotopic (exact) mass is 234 g/mol. The van der Waals surface area contributed by atoms with Crippen molar-refractivity contribution < 1.29 is 14.6 Å². The van der Waals surface area contributed by atoms with Gasteiger partial charge in [0.2, 0.25) is 0 Å². The van der Waals surface area contributed by atoms with Gasteiger partial charge in [-0.05, 0) is 6.92 Å². The van der Waals surface area contributed by atoms with Crippen LogP contribution in [0.1, 0.15) is 11.1 Å². The van der Waals surface area contributed by atoms with Crippen LogP contribution in [0.5, 0.6) is 0 Å². The zero-order valence-electron chi connectivity index (χ0n) is 7.33. The smallest absolute Gasteiger partial charge is 0.450 e. The number of hydrogen-bond donors (Lipinski definition) is 1. The maximum atomic E-state index is 10.3. The molecule has 1 rings (SSSR count). The van der Waals surface area contributed by atoms with Gasteiger partial charge in [-0.2, -0.15) is 0 Å². The number of benzene rings is 1. The Morgan fingerprint density at radius 3 is 2.29 bits per heavy atom. The SMILES string of the molecule is Cc1ccc(C(Cl)(Cl)OC(=O)O)cc1. The Balaban J connectivity index is 2.91. The van der Waals surface area contributed by atoms with Crippen molar-refractivity contribution in [1.29, 1.82) is 0 Å². The summed E-state index contributed by atoms with van der Waals surface area (Å²) in [5.41, 5.74) is 1.40. The molecule has 0 saturated heterocycles. The Bertz CT molecular complexity index is 332. The number of alkyl halides is 2. The normalized spacial score (nSPS) is 11.1. The topological polar surface area (TPSA) is 46.5 Å². The first kappa shape index (κ1) is 11.1. The highest BCUT2D eigenvalue weighted by atomic mass is 35.5. The summed E-state index contributed by atoms with van der Waals surface area (Å²) >= 11 is 11.3. The van der Waals surface area contributed by atoms with Crippen LogP contribution in [0.15, 0.2) is 24.3 Å². The molecule has 0 heterocycles. The molecule has 1 aromatic rings. The van der Waals surface area contributed by atoms with Gasteiger partial charge in [0.15, 0.2) is 0 Å². The van der Waals surface area contributed by atoms with Crippen LogP contribution in [-0.4, -0.2) is 11.3 Å². The van der Waals surface area contributed by atoms with Gasteiger partial charge in [-0.3, -0.25) is 0 Å². The molecule has 0 aromatic heterocycles. The minimum atomic E-state index is -1.85. The third kappa shape index (κ3) is 2.79. The molecule has 0 radical (unpaired) electrons. The lowest BCUT2D eigenvalue weighted by Crippen LogP contribution is -2.18. The molecule has 0 amide bonds. The van der Waals surface area contributed by atoms with E-state index in [0.717, 1.165) is 5.56 Å². The van der Waals surface area contributed by atoms with Crippen molar-refractivity contribution in [2.24, 2.45) is 0 Å². The second-order valence-corrected chi connectivity index (χ2v) is 4.01. The maximum Gasteiger partial charge on any atom is 0.508 e. The summed E-state index contributed by atoms with van der Waals surface area (Å²) < 4.78 is 2.46. The highest BCUT2D eigenvalue weighted by Gasteiger charge is 2.31. The van der Waals surface area contributed by atoms with Gasteiger partial charge < -0.3 is 9.84 Å². The Kier molecular flexibility index (Phi) is 3.24. The molecule has 14 heavy (non-hydrogen) atoms. The Morgan fingerprint density at radius 2 is 1.86 bits per heavy atom. The summed E-state index contributed by atoms with van der Waals surface area (Å²) in [6.07, 6.45) is -1.52. The van der Waals surface area contributed by atoms with E-state index < -0.39 is 10.7 Å². The number of rotatable bonds is 2. The lowest BCUT2D eigenvalue weighted by Gasteiger charge is -2.18. The van der Waals surface area contributed by atoms with Gasteiger partial charge in [-0.25, -0.2) is 4.79 Å². The molecule has 0 saturated carbocycles. The average Bonchev–Trinajstić information content (AvgIpc) is 2.02. The number of aryl methyl sites for hydroxylation is 1. The minimum Gasteiger partial charge on any atom is -0.450 e. The molecule has 0 atom stereocenters. The highest BCUT2D eigenvalue weighted by Crippen LogP contribution is 2.35. The first-order valence-corrected chi connectivity index (χ1v) is 4.54. The Labute approximate surface area is 91.2 Å².